The molecule has 1 aliphatic heterocycles. The average Bonchev–Trinajstić information content (AvgIpc) is 2.85. The molecular formula is C13H15N5OS. The predicted molar refractivity (Wildman–Crippen MR) is 76.3 cm³/mol. The number of nitrogens with one attached hydrogen (secondary N) is 1. The fourth-order valence-electron chi connectivity index (χ4n) is 2.26. The zero-order chi connectivity index (χ0) is 13.9. The van der Waals surface area contributed by atoms with E-state index in [1.807, 2.05) is 11.6 Å². The van der Waals surface area contributed by atoms with Gasteiger partial charge in [0.15, 0.2) is 5.13 Å². The number of amides is 1. The largest absolute Gasteiger partial charge is 0.302 e. The normalized spacial score (nSPS) is 14.8. The molecule has 0 radical (unpaired) electrons. The summed E-state index contributed by atoms with van der Waals surface area (Å²) >= 11 is 1.46. The van der Waals surface area contributed by atoms with Gasteiger partial charge in [0.2, 0.25) is 5.91 Å². The molecule has 0 aliphatic carbocycles. The molecule has 0 spiro atoms. The van der Waals surface area contributed by atoms with Gasteiger partial charge in [-0.1, -0.05) is 0 Å². The van der Waals surface area contributed by atoms with Crippen LogP contribution in [0.5, 0.6) is 0 Å². The molecule has 3 heterocycles. The van der Waals surface area contributed by atoms with E-state index >= 15 is 0 Å². The molecule has 0 atom stereocenters. The monoisotopic (exact) mass is 289 g/mol. The van der Waals surface area contributed by atoms with Crippen molar-refractivity contribution in [3.63, 3.8) is 0 Å². The van der Waals surface area contributed by atoms with E-state index in [9.17, 15) is 4.79 Å². The van der Waals surface area contributed by atoms with Crippen molar-refractivity contribution in [3.8, 4) is 0 Å². The topological polar surface area (TPSA) is 71.0 Å². The minimum absolute atomic E-state index is 0.0884. The average molecular weight is 289 g/mol. The van der Waals surface area contributed by atoms with E-state index in [0.29, 0.717) is 5.13 Å². The third kappa shape index (κ3) is 3.00. The fraction of sp³-hybridized carbons (Fsp3) is 0.385. The van der Waals surface area contributed by atoms with Crippen LogP contribution in [0.1, 0.15) is 23.9 Å². The van der Waals surface area contributed by atoms with Crippen molar-refractivity contribution in [3.05, 3.63) is 34.9 Å². The summed E-state index contributed by atoms with van der Waals surface area (Å²) in [7, 11) is 0. The van der Waals surface area contributed by atoms with Crippen LogP contribution in [0, 0.1) is 0 Å². The molecule has 20 heavy (non-hydrogen) atoms. The first kappa shape index (κ1) is 13.1. The van der Waals surface area contributed by atoms with Crippen molar-refractivity contribution in [1.29, 1.82) is 0 Å². The van der Waals surface area contributed by atoms with Crippen LogP contribution in [-0.2, 0) is 24.3 Å². The molecule has 0 fully saturated rings. The van der Waals surface area contributed by atoms with E-state index in [4.69, 9.17) is 0 Å². The van der Waals surface area contributed by atoms with Crippen molar-refractivity contribution in [2.75, 3.05) is 11.9 Å². The Hall–Kier alpha value is -1.86. The van der Waals surface area contributed by atoms with Crippen molar-refractivity contribution in [2.45, 2.75) is 26.4 Å². The van der Waals surface area contributed by atoms with Crippen molar-refractivity contribution >= 4 is 22.4 Å². The van der Waals surface area contributed by atoms with E-state index in [0.717, 1.165) is 37.4 Å². The molecular weight excluding hydrogens is 274 g/mol. The summed E-state index contributed by atoms with van der Waals surface area (Å²) in [6.07, 6.45) is 4.47. The Kier molecular flexibility index (Phi) is 3.70. The van der Waals surface area contributed by atoms with Crippen molar-refractivity contribution in [2.24, 2.45) is 0 Å². The summed E-state index contributed by atoms with van der Waals surface area (Å²) in [5, 5.41) is 5.35. The number of aromatic nitrogens is 3. The number of fused-ring (bicyclic) bond motifs is 1. The van der Waals surface area contributed by atoms with Crippen LogP contribution in [-0.4, -0.2) is 32.3 Å². The molecule has 2 aromatic rings. The van der Waals surface area contributed by atoms with E-state index in [1.54, 1.807) is 6.33 Å². The van der Waals surface area contributed by atoms with Gasteiger partial charge in [0.05, 0.1) is 11.4 Å². The smallest absolute Gasteiger partial charge is 0.223 e. The summed E-state index contributed by atoms with van der Waals surface area (Å²) in [4.78, 5) is 26.1. The first-order valence-electron chi connectivity index (χ1n) is 6.43. The highest BCUT2D eigenvalue weighted by molar-refractivity contribution is 7.13. The zero-order valence-electron chi connectivity index (χ0n) is 11.2. The van der Waals surface area contributed by atoms with Crippen molar-refractivity contribution < 1.29 is 4.79 Å². The highest BCUT2D eigenvalue weighted by Crippen LogP contribution is 2.20. The van der Waals surface area contributed by atoms with Gasteiger partial charge < -0.3 is 5.32 Å². The van der Waals surface area contributed by atoms with Crippen molar-refractivity contribution in [1.82, 2.24) is 19.9 Å². The lowest BCUT2D eigenvalue weighted by molar-refractivity contribution is -0.114. The van der Waals surface area contributed by atoms with Crippen LogP contribution < -0.4 is 5.32 Å². The van der Waals surface area contributed by atoms with Crippen LogP contribution in [0.3, 0.4) is 0 Å². The number of nitrogens with zero attached hydrogens (tertiary/aromatic N) is 4. The molecule has 0 saturated carbocycles. The number of hydrogen-bond acceptors (Lipinski definition) is 6. The van der Waals surface area contributed by atoms with Gasteiger partial charge in [0.1, 0.15) is 6.33 Å². The SMILES string of the molecule is CC(=O)Nc1nc(CN2CCc3cncnc3C2)cs1. The van der Waals surface area contributed by atoms with Gasteiger partial charge in [-0.2, -0.15) is 0 Å². The second-order valence-corrected chi connectivity index (χ2v) is 5.64. The lowest BCUT2D eigenvalue weighted by Crippen LogP contribution is -2.31. The van der Waals surface area contributed by atoms with Gasteiger partial charge in [-0.05, 0) is 12.0 Å². The Morgan fingerprint density at radius 1 is 1.55 bits per heavy atom. The third-order valence-corrected chi connectivity index (χ3v) is 3.98. The summed E-state index contributed by atoms with van der Waals surface area (Å²) in [5.41, 5.74) is 3.32. The first-order valence-corrected chi connectivity index (χ1v) is 7.31. The number of anilines is 1. The lowest BCUT2D eigenvalue weighted by Gasteiger charge is -2.26. The highest BCUT2D eigenvalue weighted by Gasteiger charge is 2.18. The molecule has 0 unspecified atom stereocenters. The molecule has 2 aromatic heterocycles. The summed E-state index contributed by atoms with van der Waals surface area (Å²) < 4.78 is 0. The van der Waals surface area contributed by atoms with E-state index in [1.165, 1.54) is 23.8 Å². The minimum Gasteiger partial charge on any atom is -0.302 e. The van der Waals surface area contributed by atoms with E-state index in [2.05, 4.69) is 25.2 Å². The van der Waals surface area contributed by atoms with Gasteiger partial charge in [0, 0.05) is 38.1 Å². The molecule has 1 aliphatic rings. The molecule has 1 amide bonds. The first-order chi connectivity index (χ1) is 9.70. The fourth-order valence-corrected chi connectivity index (χ4v) is 3.00. The Bertz CT molecular complexity index is 627. The Balaban J connectivity index is 1.64. The Morgan fingerprint density at radius 2 is 2.45 bits per heavy atom. The maximum Gasteiger partial charge on any atom is 0.223 e. The number of carbonyl (C=O) groups is 1. The zero-order valence-corrected chi connectivity index (χ0v) is 12.0. The molecule has 6 nitrogen and oxygen atoms in total. The standard InChI is InChI=1S/C13H15N5OS/c1-9(19)16-13-17-11(7-20-13)5-18-3-2-10-4-14-8-15-12(10)6-18/h4,7-8H,2-3,5-6H2,1H3,(H,16,17,19). The number of carbonyl (C=O) groups excluding carboxylic acids is 1. The molecule has 7 heteroatoms. The second kappa shape index (κ2) is 5.64. The Labute approximate surface area is 120 Å². The van der Waals surface area contributed by atoms with Crippen LogP contribution in [0.15, 0.2) is 17.9 Å². The van der Waals surface area contributed by atoms with Gasteiger partial charge in [-0.15, -0.1) is 11.3 Å². The van der Waals surface area contributed by atoms with Crippen LogP contribution in [0.25, 0.3) is 0 Å². The maximum atomic E-state index is 11.0. The lowest BCUT2D eigenvalue weighted by atomic mass is 10.1. The molecule has 1 N–H and O–H groups in total. The Morgan fingerprint density at radius 3 is 3.30 bits per heavy atom. The quantitative estimate of drug-likeness (QED) is 0.926. The minimum atomic E-state index is -0.0884. The second-order valence-electron chi connectivity index (χ2n) is 4.78. The molecule has 0 saturated heterocycles. The summed E-state index contributed by atoms with van der Waals surface area (Å²) in [5.74, 6) is -0.0884. The van der Waals surface area contributed by atoms with Gasteiger partial charge in [-0.3, -0.25) is 9.69 Å². The highest BCUT2D eigenvalue weighted by atomic mass is 32.1. The molecule has 3 rings (SSSR count). The van der Waals surface area contributed by atoms with Crippen LogP contribution >= 0.6 is 11.3 Å². The number of thiazole rings is 1. The predicted octanol–water partition coefficient (Wildman–Crippen LogP) is 1.45. The van der Waals surface area contributed by atoms with Crippen LogP contribution in [0.2, 0.25) is 0 Å². The molecule has 104 valence electrons. The van der Waals surface area contributed by atoms with E-state index < -0.39 is 0 Å². The molecule has 0 bridgehead atoms. The maximum absolute atomic E-state index is 11.0. The number of rotatable bonds is 3. The van der Waals surface area contributed by atoms with Gasteiger partial charge >= 0.3 is 0 Å². The molecule has 0 aromatic carbocycles. The van der Waals surface area contributed by atoms with Crippen LogP contribution in [0.4, 0.5) is 5.13 Å². The van der Waals surface area contributed by atoms with E-state index in [-0.39, 0.29) is 5.91 Å². The summed E-state index contributed by atoms with van der Waals surface area (Å²) in [6, 6.07) is 0. The van der Waals surface area contributed by atoms with Gasteiger partial charge in [-0.25, -0.2) is 15.0 Å². The summed E-state index contributed by atoms with van der Waals surface area (Å²) in [6.45, 7) is 4.07. The number of hydrogen-bond donors (Lipinski definition) is 1. The van der Waals surface area contributed by atoms with Gasteiger partial charge in [0.25, 0.3) is 0 Å². The third-order valence-electron chi connectivity index (χ3n) is 3.17.